The Labute approximate surface area is 110 Å². The topological polar surface area (TPSA) is 33.1 Å². The lowest BCUT2D eigenvalue weighted by Crippen LogP contribution is -2.45. The summed E-state index contributed by atoms with van der Waals surface area (Å²) in [4.78, 5) is 6.75. The number of nitrogens with one attached hydrogen (secondary N) is 1. The number of rotatable bonds is 7. The van der Waals surface area contributed by atoms with Gasteiger partial charge in [0.2, 0.25) is 0 Å². The van der Waals surface area contributed by atoms with Crippen LogP contribution in [-0.2, 0) is 6.54 Å². The largest absolute Gasteiger partial charge is 0.337 e. The van der Waals surface area contributed by atoms with Gasteiger partial charge in [0.05, 0.1) is 6.33 Å². The lowest BCUT2D eigenvalue weighted by Gasteiger charge is -2.36. The molecule has 4 heteroatoms. The predicted octanol–water partition coefficient (Wildman–Crippen LogP) is 1.74. The van der Waals surface area contributed by atoms with Gasteiger partial charge in [-0.2, -0.15) is 0 Å². The van der Waals surface area contributed by atoms with E-state index in [0.717, 1.165) is 25.7 Å². The molecule has 0 aliphatic carbocycles. The molecule has 1 aliphatic heterocycles. The summed E-state index contributed by atoms with van der Waals surface area (Å²) in [6.45, 7) is 8.01. The molecule has 1 aromatic heterocycles. The van der Waals surface area contributed by atoms with E-state index >= 15 is 0 Å². The molecule has 2 heterocycles. The molecule has 1 aliphatic rings. The van der Waals surface area contributed by atoms with Crippen molar-refractivity contribution in [1.29, 1.82) is 0 Å². The highest BCUT2D eigenvalue weighted by molar-refractivity contribution is 4.79. The molecule has 0 radical (unpaired) electrons. The highest BCUT2D eigenvalue weighted by Crippen LogP contribution is 2.16. The minimum absolute atomic E-state index is 0.751. The van der Waals surface area contributed by atoms with E-state index in [4.69, 9.17) is 0 Å². The van der Waals surface area contributed by atoms with E-state index in [1.807, 2.05) is 18.7 Å². The smallest absolute Gasteiger partial charge is 0.0945 e. The number of nitrogens with zero attached hydrogens (tertiary/aromatic N) is 3. The zero-order valence-corrected chi connectivity index (χ0v) is 11.5. The molecular weight excluding hydrogens is 224 g/mol. The van der Waals surface area contributed by atoms with Crippen LogP contribution in [0.25, 0.3) is 0 Å². The second-order valence-corrected chi connectivity index (χ2v) is 5.15. The lowest BCUT2D eigenvalue weighted by atomic mass is 10.0. The van der Waals surface area contributed by atoms with Crippen molar-refractivity contribution in [3.8, 4) is 0 Å². The standard InChI is InChI=1S/C14H26N4/c1-2-15-12-14-6-3-4-9-18(14)10-5-8-17-11-7-16-13-17/h7,11,13-15H,2-6,8-10,12H2,1H3. The van der Waals surface area contributed by atoms with E-state index in [0.29, 0.717) is 0 Å². The molecule has 4 nitrogen and oxygen atoms in total. The van der Waals surface area contributed by atoms with Crippen molar-refractivity contribution in [2.75, 3.05) is 26.2 Å². The first-order valence-electron chi connectivity index (χ1n) is 7.30. The van der Waals surface area contributed by atoms with Gasteiger partial charge in [-0.05, 0) is 32.4 Å². The maximum atomic E-state index is 4.08. The molecule has 0 aromatic carbocycles. The summed E-state index contributed by atoms with van der Waals surface area (Å²) in [7, 11) is 0. The van der Waals surface area contributed by atoms with Gasteiger partial charge in [0.1, 0.15) is 0 Å². The van der Waals surface area contributed by atoms with Crippen LogP contribution >= 0.6 is 0 Å². The SMILES string of the molecule is CCNCC1CCCCN1CCCn1ccnc1. The average molecular weight is 250 g/mol. The van der Waals surface area contributed by atoms with Crippen LogP contribution in [0.4, 0.5) is 0 Å². The number of aromatic nitrogens is 2. The zero-order valence-electron chi connectivity index (χ0n) is 11.5. The summed E-state index contributed by atoms with van der Waals surface area (Å²) in [5.41, 5.74) is 0. The Kier molecular flexibility index (Phi) is 5.68. The molecule has 0 bridgehead atoms. The van der Waals surface area contributed by atoms with Crippen molar-refractivity contribution in [3.05, 3.63) is 18.7 Å². The summed E-state index contributed by atoms with van der Waals surface area (Å²) in [5, 5.41) is 3.50. The molecule has 0 saturated carbocycles. The lowest BCUT2D eigenvalue weighted by molar-refractivity contribution is 0.142. The zero-order chi connectivity index (χ0) is 12.6. The van der Waals surface area contributed by atoms with E-state index in [-0.39, 0.29) is 0 Å². The maximum Gasteiger partial charge on any atom is 0.0945 e. The normalized spacial score (nSPS) is 21.3. The molecule has 2 rings (SSSR count). The Morgan fingerprint density at radius 1 is 1.33 bits per heavy atom. The average Bonchev–Trinajstić information content (AvgIpc) is 2.91. The Hall–Kier alpha value is -0.870. The number of hydrogen-bond acceptors (Lipinski definition) is 3. The van der Waals surface area contributed by atoms with Gasteiger partial charge in [0.15, 0.2) is 0 Å². The van der Waals surface area contributed by atoms with Gasteiger partial charge < -0.3 is 9.88 Å². The molecule has 1 fully saturated rings. The van der Waals surface area contributed by atoms with Crippen LogP contribution in [0.5, 0.6) is 0 Å². The Bertz CT molecular complexity index is 310. The van der Waals surface area contributed by atoms with Gasteiger partial charge >= 0.3 is 0 Å². The van der Waals surface area contributed by atoms with Gasteiger partial charge in [-0.1, -0.05) is 13.3 Å². The van der Waals surface area contributed by atoms with E-state index in [9.17, 15) is 0 Å². The quantitative estimate of drug-likeness (QED) is 0.800. The van der Waals surface area contributed by atoms with Crippen molar-refractivity contribution in [1.82, 2.24) is 19.8 Å². The maximum absolute atomic E-state index is 4.08. The van der Waals surface area contributed by atoms with Crippen molar-refractivity contribution in [2.45, 2.75) is 45.2 Å². The fourth-order valence-electron chi connectivity index (χ4n) is 2.77. The van der Waals surface area contributed by atoms with E-state index in [2.05, 4.69) is 26.7 Å². The summed E-state index contributed by atoms with van der Waals surface area (Å²) < 4.78 is 2.17. The number of likely N-dealkylation sites (tertiary alicyclic amines) is 1. The van der Waals surface area contributed by atoms with Crippen LogP contribution in [0.3, 0.4) is 0 Å². The first-order chi connectivity index (χ1) is 8.90. The van der Waals surface area contributed by atoms with Gasteiger partial charge in [-0.3, -0.25) is 4.90 Å². The second kappa shape index (κ2) is 7.54. The first kappa shape index (κ1) is 13.6. The minimum atomic E-state index is 0.751. The predicted molar refractivity (Wildman–Crippen MR) is 74.6 cm³/mol. The van der Waals surface area contributed by atoms with Gasteiger partial charge in [-0.25, -0.2) is 4.98 Å². The third-order valence-electron chi connectivity index (χ3n) is 3.80. The van der Waals surface area contributed by atoms with Crippen LogP contribution in [0, 0.1) is 0 Å². The third-order valence-corrected chi connectivity index (χ3v) is 3.80. The van der Waals surface area contributed by atoms with Crippen LogP contribution in [0.1, 0.15) is 32.6 Å². The van der Waals surface area contributed by atoms with Crippen molar-refractivity contribution in [3.63, 3.8) is 0 Å². The van der Waals surface area contributed by atoms with Crippen molar-refractivity contribution < 1.29 is 0 Å². The minimum Gasteiger partial charge on any atom is -0.337 e. The molecule has 1 atom stereocenters. The molecule has 0 amide bonds. The van der Waals surface area contributed by atoms with E-state index < -0.39 is 0 Å². The highest BCUT2D eigenvalue weighted by atomic mass is 15.2. The fourth-order valence-corrected chi connectivity index (χ4v) is 2.77. The summed E-state index contributed by atoms with van der Waals surface area (Å²) in [5.74, 6) is 0. The van der Waals surface area contributed by atoms with Crippen molar-refractivity contribution in [2.24, 2.45) is 0 Å². The first-order valence-corrected chi connectivity index (χ1v) is 7.30. The molecule has 1 aromatic rings. The summed E-state index contributed by atoms with van der Waals surface area (Å²) in [6, 6.07) is 0.751. The number of likely N-dealkylation sites (N-methyl/N-ethyl adjacent to an activating group) is 1. The van der Waals surface area contributed by atoms with Crippen LogP contribution in [-0.4, -0.2) is 46.7 Å². The molecular formula is C14H26N4. The number of aryl methyl sites for hydroxylation is 1. The van der Waals surface area contributed by atoms with E-state index in [1.54, 1.807) is 0 Å². The van der Waals surface area contributed by atoms with Gasteiger partial charge in [-0.15, -0.1) is 0 Å². The fraction of sp³-hybridized carbons (Fsp3) is 0.786. The molecule has 1 unspecified atom stereocenters. The number of imidazole rings is 1. The Morgan fingerprint density at radius 3 is 3.06 bits per heavy atom. The van der Waals surface area contributed by atoms with Gasteiger partial charge in [0, 0.05) is 38.1 Å². The van der Waals surface area contributed by atoms with Crippen LogP contribution in [0.15, 0.2) is 18.7 Å². The number of hydrogen-bond donors (Lipinski definition) is 1. The monoisotopic (exact) mass is 250 g/mol. The molecule has 0 spiro atoms. The van der Waals surface area contributed by atoms with Crippen LogP contribution in [0.2, 0.25) is 0 Å². The van der Waals surface area contributed by atoms with E-state index in [1.165, 1.54) is 38.8 Å². The molecule has 102 valence electrons. The Balaban J connectivity index is 1.71. The van der Waals surface area contributed by atoms with Crippen LogP contribution < -0.4 is 5.32 Å². The highest BCUT2D eigenvalue weighted by Gasteiger charge is 2.20. The third kappa shape index (κ3) is 4.10. The van der Waals surface area contributed by atoms with Gasteiger partial charge in [0.25, 0.3) is 0 Å². The second-order valence-electron chi connectivity index (χ2n) is 5.15. The molecule has 18 heavy (non-hydrogen) atoms. The molecule has 1 N–H and O–H groups in total. The number of piperidine rings is 1. The Morgan fingerprint density at radius 2 is 2.28 bits per heavy atom. The molecule has 1 saturated heterocycles. The summed E-state index contributed by atoms with van der Waals surface area (Å²) >= 11 is 0. The summed E-state index contributed by atoms with van der Waals surface area (Å²) in [6.07, 6.45) is 11.2. The van der Waals surface area contributed by atoms with Crippen molar-refractivity contribution >= 4 is 0 Å².